The molecule has 8 nitrogen and oxygen atoms in total. The number of anilines is 2. The van der Waals surface area contributed by atoms with E-state index in [2.05, 4.69) is 32.7 Å². The van der Waals surface area contributed by atoms with Crippen LogP contribution in [0, 0.1) is 28.6 Å². The van der Waals surface area contributed by atoms with E-state index in [1.807, 2.05) is 12.1 Å². The number of nitrogens with two attached hydrogens (primary N) is 1. The largest absolute Gasteiger partial charge is 0.369 e. The van der Waals surface area contributed by atoms with E-state index in [1.54, 1.807) is 12.1 Å². The van der Waals surface area contributed by atoms with E-state index in [0.29, 0.717) is 29.4 Å². The SMILES string of the molecule is N#Cc1ccc(CCNc2ncc(C#N)c(N[C@H]3CC[C@@H](C(N)=O)CC3)n2)cc1. The molecule has 8 heteroatoms. The second-order valence-corrected chi connectivity index (χ2v) is 7.15. The molecule has 1 aromatic heterocycles. The van der Waals surface area contributed by atoms with Gasteiger partial charge in [-0.25, -0.2) is 4.98 Å². The molecule has 29 heavy (non-hydrogen) atoms. The van der Waals surface area contributed by atoms with Crippen molar-refractivity contribution in [1.82, 2.24) is 9.97 Å². The first kappa shape index (κ1) is 20.1. The monoisotopic (exact) mass is 389 g/mol. The summed E-state index contributed by atoms with van der Waals surface area (Å²) in [6, 6.07) is 11.8. The van der Waals surface area contributed by atoms with E-state index in [1.165, 1.54) is 6.20 Å². The third-order valence-electron chi connectivity index (χ3n) is 5.16. The van der Waals surface area contributed by atoms with Crippen molar-refractivity contribution >= 4 is 17.7 Å². The van der Waals surface area contributed by atoms with E-state index < -0.39 is 0 Å². The van der Waals surface area contributed by atoms with Crippen LogP contribution in [0.4, 0.5) is 11.8 Å². The normalized spacial score (nSPS) is 18.3. The van der Waals surface area contributed by atoms with Gasteiger partial charge in [-0.1, -0.05) is 12.1 Å². The number of aromatic nitrogens is 2. The van der Waals surface area contributed by atoms with Gasteiger partial charge in [-0.05, 0) is 49.8 Å². The van der Waals surface area contributed by atoms with E-state index in [-0.39, 0.29) is 17.9 Å². The first-order valence-corrected chi connectivity index (χ1v) is 9.65. The van der Waals surface area contributed by atoms with Crippen LogP contribution in [0.15, 0.2) is 30.5 Å². The molecule has 1 aliphatic carbocycles. The molecule has 0 radical (unpaired) electrons. The van der Waals surface area contributed by atoms with Crippen molar-refractivity contribution < 1.29 is 4.79 Å². The van der Waals surface area contributed by atoms with Crippen LogP contribution in [0.5, 0.6) is 0 Å². The molecular weight excluding hydrogens is 366 g/mol. The number of benzene rings is 1. The Balaban J connectivity index is 1.57. The molecule has 0 spiro atoms. The van der Waals surface area contributed by atoms with E-state index >= 15 is 0 Å². The quantitative estimate of drug-likeness (QED) is 0.660. The van der Waals surface area contributed by atoms with Gasteiger partial charge in [0.1, 0.15) is 17.5 Å². The minimum atomic E-state index is -0.239. The number of amides is 1. The van der Waals surface area contributed by atoms with E-state index in [0.717, 1.165) is 37.7 Å². The lowest BCUT2D eigenvalue weighted by Crippen LogP contribution is -2.32. The minimum Gasteiger partial charge on any atom is -0.369 e. The summed E-state index contributed by atoms with van der Waals surface area (Å²) in [5.74, 6) is 0.655. The molecular formula is C21H23N7O. The third-order valence-corrected chi connectivity index (χ3v) is 5.16. The zero-order valence-electron chi connectivity index (χ0n) is 16.1. The summed E-state index contributed by atoms with van der Waals surface area (Å²) in [6.07, 6.45) is 5.38. The summed E-state index contributed by atoms with van der Waals surface area (Å²) in [5.41, 5.74) is 7.52. The van der Waals surface area contributed by atoms with Gasteiger partial charge in [0, 0.05) is 18.5 Å². The molecule has 3 rings (SSSR count). The smallest absolute Gasteiger partial charge is 0.224 e. The fourth-order valence-electron chi connectivity index (χ4n) is 3.44. The van der Waals surface area contributed by atoms with Crippen LogP contribution in [-0.2, 0) is 11.2 Å². The predicted octanol–water partition coefficient (Wildman–Crippen LogP) is 2.33. The zero-order chi connectivity index (χ0) is 20.6. The minimum absolute atomic E-state index is 0.0617. The van der Waals surface area contributed by atoms with Crippen molar-refractivity contribution in [3.05, 3.63) is 47.2 Å². The number of hydrogen-bond donors (Lipinski definition) is 3. The fourth-order valence-corrected chi connectivity index (χ4v) is 3.44. The standard InChI is InChI=1S/C21H23N7O/c22-11-15-3-1-14(2-4-15)9-10-25-21-26-13-17(12-23)20(28-21)27-18-7-5-16(6-8-18)19(24)29/h1-4,13,16,18H,5-10H2,(H2,24,29)(H2,25,26,27,28)/t16-,18+. The van der Waals surface area contributed by atoms with Crippen LogP contribution >= 0.6 is 0 Å². The Hall–Kier alpha value is -3.65. The van der Waals surface area contributed by atoms with Crippen LogP contribution in [0.1, 0.15) is 42.4 Å². The molecule has 1 aliphatic rings. The van der Waals surface area contributed by atoms with Crippen molar-refractivity contribution in [3.63, 3.8) is 0 Å². The number of primary amides is 1. The van der Waals surface area contributed by atoms with Gasteiger partial charge in [0.15, 0.2) is 0 Å². The van der Waals surface area contributed by atoms with Gasteiger partial charge >= 0.3 is 0 Å². The second kappa shape index (κ2) is 9.52. The Morgan fingerprint density at radius 1 is 1.14 bits per heavy atom. The maximum absolute atomic E-state index is 11.3. The summed E-state index contributed by atoms with van der Waals surface area (Å²) in [6.45, 7) is 0.626. The van der Waals surface area contributed by atoms with Crippen molar-refractivity contribution in [3.8, 4) is 12.1 Å². The van der Waals surface area contributed by atoms with Gasteiger partial charge in [0.25, 0.3) is 0 Å². The summed E-state index contributed by atoms with van der Waals surface area (Å²) in [5, 5.41) is 24.7. The van der Waals surface area contributed by atoms with Gasteiger partial charge < -0.3 is 16.4 Å². The van der Waals surface area contributed by atoms with E-state index in [9.17, 15) is 10.1 Å². The van der Waals surface area contributed by atoms with Crippen LogP contribution in [0.3, 0.4) is 0 Å². The lowest BCUT2D eigenvalue weighted by Gasteiger charge is -2.28. The van der Waals surface area contributed by atoms with Crippen LogP contribution in [-0.4, -0.2) is 28.5 Å². The summed E-state index contributed by atoms with van der Waals surface area (Å²) >= 11 is 0. The Morgan fingerprint density at radius 3 is 2.48 bits per heavy atom. The highest BCUT2D eigenvalue weighted by Crippen LogP contribution is 2.27. The molecule has 0 unspecified atom stereocenters. The Kier molecular flexibility index (Phi) is 6.59. The Morgan fingerprint density at radius 2 is 1.86 bits per heavy atom. The van der Waals surface area contributed by atoms with Crippen molar-refractivity contribution in [2.75, 3.05) is 17.2 Å². The van der Waals surface area contributed by atoms with Gasteiger partial charge in [-0.3, -0.25) is 4.79 Å². The van der Waals surface area contributed by atoms with Crippen LogP contribution in [0.25, 0.3) is 0 Å². The van der Waals surface area contributed by atoms with E-state index in [4.69, 9.17) is 11.0 Å². The van der Waals surface area contributed by atoms with Gasteiger partial charge in [0.05, 0.1) is 17.8 Å². The molecule has 0 atom stereocenters. The number of carbonyl (C=O) groups excluding carboxylic acids is 1. The number of carbonyl (C=O) groups is 1. The van der Waals surface area contributed by atoms with Crippen molar-refractivity contribution in [2.24, 2.45) is 11.7 Å². The first-order valence-electron chi connectivity index (χ1n) is 9.65. The molecule has 1 fully saturated rings. The molecule has 1 saturated carbocycles. The third kappa shape index (κ3) is 5.43. The lowest BCUT2D eigenvalue weighted by molar-refractivity contribution is -0.122. The second-order valence-electron chi connectivity index (χ2n) is 7.15. The van der Waals surface area contributed by atoms with Crippen molar-refractivity contribution in [1.29, 1.82) is 10.5 Å². The van der Waals surface area contributed by atoms with Crippen LogP contribution < -0.4 is 16.4 Å². The molecule has 0 aliphatic heterocycles. The maximum Gasteiger partial charge on any atom is 0.224 e. The Bertz CT molecular complexity index is 935. The maximum atomic E-state index is 11.3. The lowest BCUT2D eigenvalue weighted by atomic mass is 9.85. The summed E-state index contributed by atoms with van der Waals surface area (Å²) < 4.78 is 0. The molecule has 1 amide bonds. The first-order chi connectivity index (χ1) is 14.1. The van der Waals surface area contributed by atoms with Gasteiger partial charge in [0.2, 0.25) is 11.9 Å². The van der Waals surface area contributed by atoms with Crippen LogP contribution in [0.2, 0.25) is 0 Å². The fraction of sp³-hybridized carbons (Fsp3) is 0.381. The highest BCUT2D eigenvalue weighted by Gasteiger charge is 2.25. The predicted molar refractivity (Wildman–Crippen MR) is 109 cm³/mol. The van der Waals surface area contributed by atoms with Gasteiger partial charge in [-0.15, -0.1) is 0 Å². The number of rotatable bonds is 7. The van der Waals surface area contributed by atoms with Gasteiger partial charge in [-0.2, -0.15) is 15.5 Å². The summed E-state index contributed by atoms with van der Waals surface area (Å²) in [4.78, 5) is 20.0. The highest BCUT2D eigenvalue weighted by molar-refractivity contribution is 5.76. The molecule has 1 heterocycles. The van der Waals surface area contributed by atoms with Crippen molar-refractivity contribution in [2.45, 2.75) is 38.1 Å². The highest BCUT2D eigenvalue weighted by atomic mass is 16.1. The molecule has 1 aromatic carbocycles. The molecule has 0 saturated heterocycles. The number of nitrogens with one attached hydrogen (secondary N) is 2. The summed E-state index contributed by atoms with van der Waals surface area (Å²) in [7, 11) is 0. The number of hydrogen-bond acceptors (Lipinski definition) is 7. The molecule has 0 bridgehead atoms. The molecule has 4 N–H and O–H groups in total. The Labute approximate surface area is 169 Å². The topological polar surface area (TPSA) is 141 Å². The number of nitrogens with zero attached hydrogens (tertiary/aromatic N) is 4. The molecule has 148 valence electrons. The zero-order valence-corrected chi connectivity index (χ0v) is 16.1. The molecule has 2 aromatic rings. The number of nitriles is 2. The average Bonchev–Trinajstić information content (AvgIpc) is 2.75. The average molecular weight is 389 g/mol.